The molecule has 1 aromatic heterocycles. The third-order valence-electron chi connectivity index (χ3n) is 4.89. The first-order valence-corrected chi connectivity index (χ1v) is 12.3. The second-order valence-electron chi connectivity index (χ2n) is 7.27. The Hall–Kier alpha value is -2.10. The van der Waals surface area contributed by atoms with Crippen LogP contribution in [-0.2, 0) is 27.8 Å². The first-order chi connectivity index (χ1) is 14.3. The van der Waals surface area contributed by atoms with Gasteiger partial charge in [0.1, 0.15) is 21.8 Å². The Morgan fingerprint density at radius 3 is 2.90 bits per heavy atom. The summed E-state index contributed by atoms with van der Waals surface area (Å²) in [5.41, 5.74) is 1.99. The molecule has 9 heteroatoms. The predicted molar refractivity (Wildman–Crippen MR) is 117 cm³/mol. The lowest BCUT2D eigenvalue weighted by Gasteiger charge is -2.16. The smallest absolute Gasteiger partial charge is 0.252 e. The van der Waals surface area contributed by atoms with E-state index in [0.29, 0.717) is 23.8 Å². The first kappa shape index (κ1) is 22.6. The topological polar surface area (TPSA) is 84.9 Å². The van der Waals surface area contributed by atoms with E-state index in [9.17, 15) is 13.2 Å². The molecule has 7 nitrogen and oxygen atoms in total. The third kappa shape index (κ3) is 5.33. The number of thiophene rings is 1. The summed E-state index contributed by atoms with van der Waals surface area (Å²) in [6.07, 6.45) is 1.68. The molecule has 1 aliphatic rings. The van der Waals surface area contributed by atoms with Crippen LogP contribution in [0.25, 0.3) is 0 Å². The quantitative estimate of drug-likeness (QED) is 0.598. The van der Waals surface area contributed by atoms with Gasteiger partial charge in [-0.1, -0.05) is 6.07 Å². The van der Waals surface area contributed by atoms with Crippen molar-refractivity contribution in [2.45, 2.75) is 50.0 Å². The van der Waals surface area contributed by atoms with E-state index in [1.54, 1.807) is 17.5 Å². The summed E-state index contributed by atoms with van der Waals surface area (Å²) >= 11 is 1.19. The van der Waals surface area contributed by atoms with E-state index in [1.165, 1.54) is 22.7 Å². The summed E-state index contributed by atoms with van der Waals surface area (Å²) in [6, 6.07) is 7.22. The van der Waals surface area contributed by atoms with Crippen molar-refractivity contribution in [1.82, 2.24) is 9.62 Å². The predicted octanol–water partition coefficient (Wildman–Crippen LogP) is 3.19. The van der Waals surface area contributed by atoms with Crippen molar-refractivity contribution < 1.29 is 22.7 Å². The fourth-order valence-electron chi connectivity index (χ4n) is 3.34. The average Bonchev–Trinajstić information content (AvgIpc) is 3.35. The normalized spacial score (nSPS) is 15.7. The standard InChI is InChI=1S/C21H28N2O5S2/c1-4-27-18-12-16-11-15(2)28-19(16)13-17(18)14-22-20(24)7-5-9-23(3)30(25,26)21-8-6-10-29-21/h6,8,10,12-13,15H,4-5,7,9,11,14H2,1-3H3,(H,22,24)/t15-/m1/s1. The zero-order valence-electron chi connectivity index (χ0n) is 17.5. The van der Waals surface area contributed by atoms with Crippen molar-refractivity contribution in [3.8, 4) is 11.5 Å². The molecule has 0 saturated carbocycles. The highest BCUT2D eigenvalue weighted by Gasteiger charge is 2.23. The number of carbonyl (C=O) groups excluding carboxylic acids is 1. The molecule has 0 aliphatic carbocycles. The van der Waals surface area contributed by atoms with Crippen molar-refractivity contribution in [2.75, 3.05) is 20.2 Å². The van der Waals surface area contributed by atoms with Crippen LogP contribution in [0.4, 0.5) is 0 Å². The van der Waals surface area contributed by atoms with Crippen LogP contribution in [0.3, 0.4) is 0 Å². The lowest BCUT2D eigenvalue weighted by molar-refractivity contribution is -0.121. The molecule has 0 radical (unpaired) electrons. The molecule has 30 heavy (non-hydrogen) atoms. The molecule has 0 spiro atoms. The Kier molecular flexibility index (Phi) is 7.38. The van der Waals surface area contributed by atoms with Crippen LogP contribution in [0.15, 0.2) is 33.9 Å². The molecule has 164 valence electrons. The van der Waals surface area contributed by atoms with Crippen LogP contribution in [0.2, 0.25) is 0 Å². The summed E-state index contributed by atoms with van der Waals surface area (Å²) in [5, 5.41) is 4.63. The number of ether oxygens (including phenoxy) is 2. The molecular formula is C21H28N2O5S2. The number of fused-ring (bicyclic) bond motifs is 1. The van der Waals surface area contributed by atoms with Crippen LogP contribution < -0.4 is 14.8 Å². The van der Waals surface area contributed by atoms with E-state index < -0.39 is 10.0 Å². The van der Waals surface area contributed by atoms with Crippen molar-refractivity contribution in [3.63, 3.8) is 0 Å². The van der Waals surface area contributed by atoms with E-state index in [2.05, 4.69) is 5.32 Å². The minimum absolute atomic E-state index is 0.130. The molecule has 1 aliphatic heterocycles. The fourth-order valence-corrected chi connectivity index (χ4v) is 5.75. The van der Waals surface area contributed by atoms with Gasteiger partial charge in [-0.05, 0) is 43.8 Å². The van der Waals surface area contributed by atoms with Gasteiger partial charge in [0.2, 0.25) is 5.91 Å². The second-order valence-corrected chi connectivity index (χ2v) is 10.5. The van der Waals surface area contributed by atoms with Gasteiger partial charge < -0.3 is 14.8 Å². The van der Waals surface area contributed by atoms with E-state index in [-0.39, 0.29) is 25.0 Å². The SMILES string of the molecule is CCOc1cc2c(cc1CNC(=O)CCCN(C)S(=O)(=O)c1cccs1)O[C@H](C)C2. The Balaban J connectivity index is 1.51. The molecule has 1 atom stereocenters. The highest BCUT2D eigenvalue weighted by molar-refractivity contribution is 7.91. The van der Waals surface area contributed by atoms with Gasteiger partial charge in [0.05, 0.1) is 6.61 Å². The van der Waals surface area contributed by atoms with Gasteiger partial charge in [-0.25, -0.2) is 12.7 Å². The van der Waals surface area contributed by atoms with Crippen LogP contribution in [-0.4, -0.2) is 44.9 Å². The second kappa shape index (κ2) is 9.80. The van der Waals surface area contributed by atoms with Crippen LogP contribution >= 0.6 is 11.3 Å². The minimum atomic E-state index is -3.48. The summed E-state index contributed by atoms with van der Waals surface area (Å²) in [4.78, 5) is 12.3. The average molecular weight is 453 g/mol. The summed E-state index contributed by atoms with van der Waals surface area (Å²) < 4.78 is 38.0. The Morgan fingerprint density at radius 1 is 1.40 bits per heavy atom. The minimum Gasteiger partial charge on any atom is -0.494 e. The monoisotopic (exact) mass is 452 g/mol. The number of hydrogen-bond donors (Lipinski definition) is 1. The van der Waals surface area contributed by atoms with Crippen molar-refractivity contribution in [1.29, 1.82) is 0 Å². The third-order valence-corrected chi connectivity index (χ3v) is 8.12. The van der Waals surface area contributed by atoms with Gasteiger partial charge >= 0.3 is 0 Å². The lowest BCUT2D eigenvalue weighted by atomic mass is 10.1. The van der Waals surface area contributed by atoms with Crippen molar-refractivity contribution in [3.05, 3.63) is 40.8 Å². The van der Waals surface area contributed by atoms with Crippen LogP contribution in [0.1, 0.15) is 37.8 Å². The maximum absolute atomic E-state index is 12.4. The number of sulfonamides is 1. The van der Waals surface area contributed by atoms with Gasteiger partial charge in [-0.3, -0.25) is 4.79 Å². The number of nitrogens with zero attached hydrogens (tertiary/aromatic N) is 1. The largest absolute Gasteiger partial charge is 0.494 e. The van der Waals surface area contributed by atoms with Crippen LogP contribution in [0, 0.1) is 0 Å². The number of hydrogen-bond acceptors (Lipinski definition) is 6. The molecular weight excluding hydrogens is 424 g/mol. The van der Waals surface area contributed by atoms with Gasteiger partial charge in [-0.15, -0.1) is 11.3 Å². The molecule has 2 aromatic rings. The molecule has 0 unspecified atom stereocenters. The van der Waals surface area contributed by atoms with E-state index in [1.807, 2.05) is 26.0 Å². The fraction of sp³-hybridized carbons (Fsp3) is 0.476. The Labute approximate surface area is 182 Å². The highest BCUT2D eigenvalue weighted by atomic mass is 32.2. The number of benzene rings is 1. The summed E-state index contributed by atoms with van der Waals surface area (Å²) in [5.74, 6) is 1.47. The summed E-state index contributed by atoms with van der Waals surface area (Å²) in [6.45, 7) is 5.11. The maximum atomic E-state index is 12.4. The van der Waals surface area contributed by atoms with E-state index in [4.69, 9.17) is 9.47 Å². The zero-order valence-corrected chi connectivity index (χ0v) is 19.1. The zero-order chi connectivity index (χ0) is 21.7. The molecule has 0 saturated heterocycles. The number of amides is 1. The first-order valence-electron chi connectivity index (χ1n) is 10.0. The van der Waals surface area contributed by atoms with Crippen LogP contribution in [0.5, 0.6) is 11.5 Å². The Morgan fingerprint density at radius 2 is 2.20 bits per heavy atom. The van der Waals surface area contributed by atoms with Crippen molar-refractivity contribution >= 4 is 27.3 Å². The van der Waals surface area contributed by atoms with Gasteiger partial charge in [-0.2, -0.15) is 0 Å². The van der Waals surface area contributed by atoms with E-state index in [0.717, 1.165) is 29.0 Å². The maximum Gasteiger partial charge on any atom is 0.252 e. The number of rotatable bonds is 10. The van der Waals surface area contributed by atoms with E-state index >= 15 is 0 Å². The van der Waals surface area contributed by atoms with Gasteiger partial charge in [0.15, 0.2) is 0 Å². The molecule has 1 N–H and O–H groups in total. The number of carbonyl (C=O) groups is 1. The van der Waals surface area contributed by atoms with Gasteiger partial charge in [0.25, 0.3) is 10.0 Å². The highest BCUT2D eigenvalue weighted by Crippen LogP contribution is 2.35. The molecule has 0 bridgehead atoms. The molecule has 1 aromatic carbocycles. The van der Waals surface area contributed by atoms with Crippen molar-refractivity contribution in [2.24, 2.45) is 0 Å². The lowest BCUT2D eigenvalue weighted by Crippen LogP contribution is -2.29. The van der Waals surface area contributed by atoms with Gasteiger partial charge in [0, 0.05) is 44.1 Å². The Bertz CT molecular complexity index is 974. The molecule has 1 amide bonds. The molecule has 2 heterocycles. The summed E-state index contributed by atoms with van der Waals surface area (Å²) in [7, 11) is -1.95. The molecule has 0 fully saturated rings. The molecule has 3 rings (SSSR count). The number of nitrogens with one attached hydrogen (secondary N) is 1.